The Labute approximate surface area is 69.0 Å². The van der Waals surface area contributed by atoms with E-state index < -0.39 is 0 Å². The largest absolute Gasteiger partial charge is 0.0773 e. The summed E-state index contributed by atoms with van der Waals surface area (Å²) in [6, 6.07) is 0. The molecule has 0 aromatic heterocycles. The van der Waals surface area contributed by atoms with Gasteiger partial charge in [0, 0.05) is 0 Å². The smallest absolute Gasteiger partial charge is 0.00426 e. The van der Waals surface area contributed by atoms with Crippen molar-refractivity contribution in [3.63, 3.8) is 0 Å². The Morgan fingerprint density at radius 2 is 2.00 bits per heavy atom. The van der Waals surface area contributed by atoms with Gasteiger partial charge in [-0.1, -0.05) is 31.1 Å². The molecule has 0 aliphatic heterocycles. The van der Waals surface area contributed by atoms with Crippen LogP contribution in [0.4, 0.5) is 0 Å². The molecule has 2 aliphatic rings. The summed E-state index contributed by atoms with van der Waals surface area (Å²) in [5.74, 6) is 0.753. The standard InChI is InChI=1S/C11H16/c1-9-7-8-10-5-3-2-4-6-11(9)10/h7-9H,2-6H2,1H3. The Balaban J connectivity index is 2.21. The molecule has 1 atom stereocenters. The first-order valence-electron chi connectivity index (χ1n) is 4.78. The Morgan fingerprint density at radius 1 is 1.18 bits per heavy atom. The van der Waals surface area contributed by atoms with Crippen molar-refractivity contribution in [2.75, 3.05) is 0 Å². The minimum absolute atomic E-state index is 0.753. The van der Waals surface area contributed by atoms with Crippen LogP contribution in [0.1, 0.15) is 39.0 Å². The van der Waals surface area contributed by atoms with Crippen molar-refractivity contribution in [3.8, 4) is 0 Å². The third kappa shape index (κ3) is 1.26. The molecule has 1 unspecified atom stereocenters. The molecule has 0 aromatic rings. The fraction of sp³-hybridized carbons (Fsp3) is 0.636. The number of hydrogen-bond acceptors (Lipinski definition) is 0. The molecule has 0 N–H and O–H groups in total. The summed E-state index contributed by atoms with van der Waals surface area (Å²) in [7, 11) is 0. The Kier molecular flexibility index (Phi) is 1.85. The van der Waals surface area contributed by atoms with E-state index in [9.17, 15) is 0 Å². The molecular formula is C11H16. The monoisotopic (exact) mass is 148 g/mol. The number of hydrogen-bond donors (Lipinski definition) is 0. The van der Waals surface area contributed by atoms with Crippen molar-refractivity contribution < 1.29 is 0 Å². The van der Waals surface area contributed by atoms with E-state index in [2.05, 4.69) is 19.1 Å². The van der Waals surface area contributed by atoms with E-state index >= 15 is 0 Å². The molecule has 0 bridgehead atoms. The van der Waals surface area contributed by atoms with Gasteiger partial charge >= 0.3 is 0 Å². The van der Waals surface area contributed by atoms with E-state index in [1.165, 1.54) is 32.1 Å². The van der Waals surface area contributed by atoms with Crippen LogP contribution in [0.25, 0.3) is 0 Å². The van der Waals surface area contributed by atoms with E-state index in [1.54, 1.807) is 11.1 Å². The van der Waals surface area contributed by atoms with Gasteiger partial charge in [0.15, 0.2) is 0 Å². The van der Waals surface area contributed by atoms with Crippen LogP contribution >= 0.6 is 0 Å². The van der Waals surface area contributed by atoms with Crippen molar-refractivity contribution in [1.29, 1.82) is 0 Å². The molecular weight excluding hydrogens is 132 g/mol. The maximum absolute atomic E-state index is 2.36. The molecule has 2 aliphatic carbocycles. The molecule has 11 heavy (non-hydrogen) atoms. The van der Waals surface area contributed by atoms with Crippen LogP contribution in [0.5, 0.6) is 0 Å². The topological polar surface area (TPSA) is 0 Å². The Morgan fingerprint density at radius 3 is 2.91 bits per heavy atom. The average Bonchev–Trinajstić information content (AvgIpc) is 2.25. The zero-order chi connectivity index (χ0) is 7.68. The molecule has 0 saturated carbocycles. The van der Waals surface area contributed by atoms with Crippen LogP contribution in [-0.4, -0.2) is 0 Å². The Bertz CT molecular complexity index is 208. The van der Waals surface area contributed by atoms with Gasteiger partial charge in [-0.05, 0) is 37.2 Å². The predicted molar refractivity (Wildman–Crippen MR) is 48.4 cm³/mol. The third-order valence-corrected chi connectivity index (χ3v) is 2.94. The summed E-state index contributed by atoms with van der Waals surface area (Å²) >= 11 is 0. The minimum atomic E-state index is 0.753. The lowest BCUT2D eigenvalue weighted by Crippen LogP contribution is -1.92. The first-order valence-corrected chi connectivity index (χ1v) is 4.78. The fourth-order valence-electron chi connectivity index (χ4n) is 2.22. The zero-order valence-corrected chi connectivity index (χ0v) is 7.27. The quantitative estimate of drug-likeness (QED) is 0.493. The maximum Gasteiger partial charge on any atom is -0.00426 e. The van der Waals surface area contributed by atoms with E-state index in [-0.39, 0.29) is 0 Å². The van der Waals surface area contributed by atoms with Gasteiger partial charge in [-0.25, -0.2) is 0 Å². The second kappa shape index (κ2) is 2.84. The summed E-state index contributed by atoms with van der Waals surface area (Å²) in [5.41, 5.74) is 3.40. The summed E-state index contributed by atoms with van der Waals surface area (Å²) in [6.07, 6.45) is 11.7. The highest BCUT2D eigenvalue weighted by Crippen LogP contribution is 2.34. The molecule has 2 rings (SSSR count). The highest BCUT2D eigenvalue weighted by Gasteiger charge is 2.17. The van der Waals surface area contributed by atoms with Crippen molar-refractivity contribution in [2.45, 2.75) is 39.0 Å². The normalized spacial score (nSPS) is 30.5. The highest BCUT2D eigenvalue weighted by atomic mass is 14.2. The van der Waals surface area contributed by atoms with Crippen LogP contribution < -0.4 is 0 Å². The van der Waals surface area contributed by atoms with Crippen LogP contribution in [0.2, 0.25) is 0 Å². The van der Waals surface area contributed by atoms with Gasteiger partial charge in [0.25, 0.3) is 0 Å². The van der Waals surface area contributed by atoms with Gasteiger partial charge in [0.2, 0.25) is 0 Å². The van der Waals surface area contributed by atoms with Gasteiger partial charge in [-0.3, -0.25) is 0 Å². The van der Waals surface area contributed by atoms with Crippen LogP contribution in [0.15, 0.2) is 23.3 Å². The molecule has 0 saturated heterocycles. The van der Waals surface area contributed by atoms with Crippen LogP contribution in [-0.2, 0) is 0 Å². The van der Waals surface area contributed by atoms with Gasteiger partial charge in [-0.15, -0.1) is 0 Å². The first-order chi connectivity index (χ1) is 5.38. The second-order valence-electron chi connectivity index (χ2n) is 3.76. The second-order valence-corrected chi connectivity index (χ2v) is 3.76. The summed E-state index contributed by atoms with van der Waals surface area (Å²) in [4.78, 5) is 0. The summed E-state index contributed by atoms with van der Waals surface area (Å²) in [5, 5.41) is 0. The molecule has 0 amide bonds. The predicted octanol–water partition coefficient (Wildman–Crippen LogP) is 3.45. The van der Waals surface area contributed by atoms with Crippen molar-refractivity contribution in [1.82, 2.24) is 0 Å². The van der Waals surface area contributed by atoms with Crippen LogP contribution in [0, 0.1) is 5.92 Å². The molecule has 0 heterocycles. The van der Waals surface area contributed by atoms with Crippen molar-refractivity contribution in [2.24, 2.45) is 5.92 Å². The summed E-state index contributed by atoms with van der Waals surface area (Å²) < 4.78 is 0. The molecule has 0 heteroatoms. The first kappa shape index (κ1) is 7.15. The maximum atomic E-state index is 2.36. The fourth-order valence-corrected chi connectivity index (χ4v) is 2.22. The van der Waals surface area contributed by atoms with Crippen LogP contribution in [0.3, 0.4) is 0 Å². The molecule has 60 valence electrons. The zero-order valence-electron chi connectivity index (χ0n) is 7.27. The van der Waals surface area contributed by atoms with Gasteiger partial charge in [0.1, 0.15) is 0 Å². The lowest BCUT2D eigenvalue weighted by Gasteiger charge is -2.07. The lowest BCUT2D eigenvalue weighted by molar-refractivity contribution is 0.686. The van der Waals surface area contributed by atoms with Gasteiger partial charge in [-0.2, -0.15) is 0 Å². The highest BCUT2D eigenvalue weighted by molar-refractivity contribution is 5.36. The Hall–Kier alpha value is -0.520. The minimum Gasteiger partial charge on any atom is -0.0773 e. The SMILES string of the molecule is CC1C=CC2=C1CCCCC2. The lowest BCUT2D eigenvalue weighted by atomic mass is 9.98. The van der Waals surface area contributed by atoms with E-state index in [1.807, 2.05) is 0 Å². The average molecular weight is 148 g/mol. The molecule has 0 aromatic carbocycles. The molecule has 0 nitrogen and oxygen atoms in total. The van der Waals surface area contributed by atoms with Gasteiger partial charge in [0.05, 0.1) is 0 Å². The van der Waals surface area contributed by atoms with Gasteiger partial charge < -0.3 is 0 Å². The van der Waals surface area contributed by atoms with E-state index in [4.69, 9.17) is 0 Å². The third-order valence-electron chi connectivity index (χ3n) is 2.94. The van der Waals surface area contributed by atoms with Crippen molar-refractivity contribution in [3.05, 3.63) is 23.3 Å². The van der Waals surface area contributed by atoms with E-state index in [0.29, 0.717) is 0 Å². The summed E-state index contributed by atoms with van der Waals surface area (Å²) in [6.45, 7) is 2.32. The van der Waals surface area contributed by atoms with E-state index in [0.717, 1.165) is 5.92 Å². The molecule has 0 spiro atoms. The van der Waals surface area contributed by atoms with Crippen molar-refractivity contribution >= 4 is 0 Å². The number of rotatable bonds is 0. The number of allylic oxidation sites excluding steroid dienone is 4. The molecule has 0 radical (unpaired) electrons. The molecule has 0 fully saturated rings.